The van der Waals surface area contributed by atoms with Gasteiger partial charge in [0.15, 0.2) is 0 Å². The van der Waals surface area contributed by atoms with E-state index < -0.39 is 0 Å². The van der Waals surface area contributed by atoms with Crippen LogP contribution in [0.15, 0.2) is 60.7 Å². The Balaban J connectivity index is 1.78. The maximum Gasteiger partial charge on any atom is 0.0294 e. The Morgan fingerprint density at radius 1 is 0.632 bits per heavy atom. The van der Waals surface area contributed by atoms with Crippen LogP contribution in [0.1, 0.15) is 42.5 Å². The van der Waals surface area contributed by atoms with Gasteiger partial charge in [-0.15, -0.1) is 0 Å². The van der Waals surface area contributed by atoms with E-state index in [1.165, 1.54) is 11.1 Å². The number of nitrogens with two attached hydrogens (primary N) is 2. The van der Waals surface area contributed by atoms with Gasteiger partial charge >= 0.3 is 0 Å². The largest absolute Gasteiger partial charge is 0.324 e. The summed E-state index contributed by atoms with van der Waals surface area (Å²) in [5.41, 5.74) is 14.8. The SMILES string of the molecule is N[C@H](CCC[C@@H](N)c1ccccc1)c1ccccc1. The van der Waals surface area contributed by atoms with Gasteiger partial charge in [-0.2, -0.15) is 0 Å². The van der Waals surface area contributed by atoms with Crippen LogP contribution in [0.2, 0.25) is 0 Å². The molecular weight excluding hydrogens is 232 g/mol. The second kappa shape index (κ2) is 7.07. The zero-order valence-electron chi connectivity index (χ0n) is 11.2. The molecule has 2 heteroatoms. The van der Waals surface area contributed by atoms with Crippen LogP contribution in [0, 0.1) is 0 Å². The van der Waals surface area contributed by atoms with Crippen molar-refractivity contribution < 1.29 is 0 Å². The minimum Gasteiger partial charge on any atom is -0.324 e. The summed E-state index contributed by atoms with van der Waals surface area (Å²) in [6.07, 6.45) is 3.00. The van der Waals surface area contributed by atoms with E-state index in [1.807, 2.05) is 36.4 Å². The van der Waals surface area contributed by atoms with Gasteiger partial charge in [-0.3, -0.25) is 0 Å². The second-order valence-corrected chi connectivity index (χ2v) is 4.97. The first-order valence-corrected chi connectivity index (χ1v) is 6.88. The first-order chi connectivity index (χ1) is 9.27. The van der Waals surface area contributed by atoms with Crippen molar-refractivity contribution in [1.29, 1.82) is 0 Å². The van der Waals surface area contributed by atoms with Gasteiger partial charge in [-0.05, 0) is 30.4 Å². The summed E-state index contributed by atoms with van der Waals surface area (Å²) in [6, 6.07) is 20.7. The Hall–Kier alpha value is -1.64. The van der Waals surface area contributed by atoms with Crippen molar-refractivity contribution in [2.75, 3.05) is 0 Å². The molecule has 0 aliphatic rings. The summed E-state index contributed by atoms with van der Waals surface area (Å²) in [7, 11) is 0. The van der Waals surface area contributed by atoms with Crippen molar-refractivity contribution >= 4 is 0 Å². The molecular formula is C17H22N2. The third-order valence-electron chi connectivity index (χ3n) is 3.49. The molecule has 4 N–H and O–H groups in total. The zero-order chi connectivity index (χ0) is 13.5. The van der Waals surface area contributed by atoms with Crippen LogP contribution in [0.4, 0.5) is 0 Å². The van der Waals surface area contributed by atoms with Gasteiger partial charge in [0.05, 0.1) is 0 Å². The van der Waals surface area contributed by atoms with Crippen molar-refractivity contribution in [2.45, 2.75) is 31.3 Å². The molecule has 0 aliphatic carbocycles. The molecule has 0 radical (unpaired) electrons. The molecule has 0 spiro atoms. The molecule has 0 aromatic heterocycles. The number of hydrogen-bond donors (Lipinski definition) is 2. The lowest BCUT2D eigenvalue weighted by Crippen LogP contribution is -2.13. The van der Waals surface area contributed by atoms with Crippen molar-refractivity contribution in [3.8, 4) is 0 Å². The van der Waals surface area contributed by atoms with Crippen LogP contribution in [0.25, 0.3) is 0 Å². The van der Waals surface area contributed by atoms with E-state index in [0.29, 0.717) is 0 Å². The molecule has 0 bridgehead atoms. The molecule has 2 aromatic carbocycles. The van der Waals surface area contributed by atoms with Crippen molar-refractivity contribution in [3.63, 3.8) is 0 Å². The van der Waals surface area contributed by atoms with Crippen molar-refractivity contribution in [1.82, 2.24) is 0 Å². The van der Waals surface area contributed by atoms with Crippen LogP contribution < -0.4 is 11.5 Å². The number of hydrogen-bond acceptors (Lipinski definition) is 2. The average molecular weight is 254 g/mol. The van der Waals surface area contributed by atoms with Crippen LogP contribution in [0.3, 0.4) is 0 Å². The Morgan fingerprint density at radius 2 is 1.00 bits per heavy atom. The molecule has 2 rings (SSSR count). The summed E-state index contributed by atoms with van der Waals surface area (Å²) >= 11 is 0. The average Bonchev–Trinajstić information content (AvgIpc) is 2.49. The lowest BCUT2D eigenvalue weighted by Gasteiger charge is -2.15. The lowest BCUT2D eigenvalue weighted by molar-refractivity contribution is 0.539. The molecule has 0 fully saturated rings. The molecule has 0 aliphatic heterocycles. The van der Waals surface area contributed by atoms with Gasteiger partial charge in [-0.1, -0.05) is 60.7 Å². The third kappa shape index (κ3) is 4.19. The van der Waals surface area contributed by atoms with Crippen molar-refractivity contribution in [3.05, 3.63) is 71.8 Å². The van der Waals surface area contributed by atoms with E-state index in [9.17, 15) is 0 Å². The first kappa shape index (κ1) is 13.8. The molecule has 0 amide bonds. The highest BCUT2D eigenvalue weighted by molar-refractivity contribution is 5.19. The van der Waals surface area contributed by atoms with Crippen LogP contribution in [-0.4, -0.2) is 0 Å². The van der Waals surface area contributed by atoms with Crippen LogP contribution >= 0.6 is 0 Å². The predicted molar refractivity (Wildman–Crippen MR) is 80.6 cm³/mol. The summed E-state index contributed by atoms with van der Waals surface area (Å²) < 4.78 is 0. The van der Waals surface area contributed by atoms with Gasteiger partial charge in [0, 0.05) is 12.1 Å². The van der Waals surface area contributed by atoms with E-state index in [1.54, 1.807) is 0 Å². The monoisotopic (exact) mass is 254 g/mol. The highest BCUT2D eigenvalue weighted by atomic mass is 14.6. The number of rotatable bonds is 6. The van der Waals surface area contributed by atoms with Gasteiger partial charge in [0.1, 0.15) is 0 Å². The first-order valence-electron chi connectivity index (χ1n) is 6.88. The lowest BCUT2D eigenvalue weighted by atomic mass is 9.97. The summed E-state index contributed by atoms with van der Waals surface area (Å²) in [5.74, 6) is 0. The molecule has 2 nitrogen and oxygen atoms in total. The fraction of sp³-hybridized carbons (Fsp3) is 0.294. The Morgan fingerprint density at radius 3 is 1.37 bits per heavy atom. The van der Waals surface area contributed by atoms with E-state index in [4.69, 9.17) is 11.5 Å². The molecule has 0 saturated heterocycles. The smallest absolute Gasteiger partial charge is 0.0294 e. The normalized spacial score (nSPS) is 14.0. The maximum absolute atomic E-state index is 6.18. The fourth-order valence-corrected chi connectivity index (χ4v) is 2.29. The summed E-state index contributed by atoms with van der Waals surface area (Å²) in [5, 5.41) is 0. The summed E-state index contributed by atoms with van der Waals surface area (Å²) in [4.78, 5) is 0. The van der Waals surface area contributed by atoms with Gasteiger partial charge in [0.25, 0.3) is 0 Å². The highest BCUT2D eigenvalue weighted by Crippen LogP contribution is 2.21. The van der Waals surface area contributed by atoms with Crippen LogP contribution in [-0.2, 0) is 0 Å². The quantitative estimate of drug-likeness (QED) is 0.828. The second-order valence-electron chi connectivity index (χ2n) is 4.97. The topological polar surface area (TPSA) is 52.0 Å². The molecule has 0 unspecified atom stereocenters. The van der Waals surface area contributed by atoms with E-state index >= 15 is 0 Å². The van der Waals surface area contributed by atoms with Crippen LogP contribution in [0.5, 0.6) is 0 Å². The fourth-order valence-electron chi connectivity index (χ4n) is 2.29. The zero-order valence-corrected chi connectivity index (χ0v) is 11.2. The molecule has 2 atom stereocenters. The molecule has 2 aromatic rings. The Kier molecular flexibility index (Phi) is 5.13. The number of benzene rings is 2. The van der Waals surface area contributed by atoms with Gasteiger partial charge in [0.2, 0.25) is 0 Å². The van der Waals surface area contributed by atoms with Gasteiger partial charge < -0.3 is 11.5 Å². The molecule has 0 heterocycles. The Labute approximate surface area is 115 Å². The molecule has 0 saturated carbocycles. The van der Waals surface area contributed by atoms with Crippen molar-refractivity contribution in [2.24, 2.45) is 11.5 Å². The maximum atomic E-state index is 6.18. The summed E-state index contributed by atoms with van der Waals surface area (Å²) in [6.45, 7) is 0. The minimum atomic E-state index is 0.115. The highest BCUT2D eigenvalue weighted by Gasteiger charge is 2.08. The third-order valence-corrected chi connectivity index (χ3v) is 3.49. The minimum absolute atomic E-state index is 0.115. The van der Waals surface area contributed by atoms with E-state index in [0.717, 1.165) is 19.3 Å². The van der Waals surface area contributed by atoms with E-state index in [-0.39, 0.29) is 12.1 Å². The van der Waals surface area contributed by atoms with Gasteiger partial charge in [-0.25, -0.2) is 0 Å². The molecule has 19 heavy (non-hydrogen) atoms. The predicted octanol–water partition coefficient (Wildman–Crippen LogP) is 3.56. The standard InChI is InChI=1S/C17H22N2/c18-16(14-8-3-1-4-9-14)12-7-13-17(19)15-10-5-2-6-11-15/h1-6,8-11,16-17H,7,12-13,18-19H2/t16-,17-/m1/s1. The van der Waals surface area contributed by atoms with E-state index in [2.05, 4.69) is 24.3 Å². The molecule has 100 valence electrons. The Bertz CT molecular complexity index is 422.